The maximum atomic E-state index is 12.6. The van der Waals surface area contributed by atoms with Gasteiger partial charge in [-0.15, -0.1) is 5.10 Å². The van der Waals surface area contributed by atoms with Crippen molar-refractivity contribution in [1.82, 2.24) is 35.5 Å². The van der Waals surface area contributed by atoms with Gasteiger partial charge in [0.15, 0.2) is 11.0 Å². The molecule has 11 nitrogen and oxygen atoms in total. The Morgan fingerprint density at radius 1 is 1.30 bits per heavy atom. The highest BCUT2D eigenvalue weighted by Gasteiger charge is 2.33. The number of rotatable bonds is 8. The van der Waals surface area contributed by atoms with Gasteiger partial charge in [0.2, 0.25) is 0 Å². The molecule has 2 N–H and O–H groups in total. The van der Waals surface area contributed by atoms with Gasteiger partial charge in [-0.05, 0) is 35.8 Å². The molecule has 2 aromatic heterocycles. The second kappa shape index (κ2) is 10.2. The molecular formula is C21H27ClN8O3. The predicted molar refractivity (Wildman–Crippen MR) is 122 cm³/mol. The number of anilines is 1. The summed E-state index contributed by atoms with van der Waals surface area (Å²) in [6, 6.07) is 7.55. The quantitative estimate of drug-likeness (QED) is 0.505. The summed E-state index contributed by atoms with van der Waals surface area (Å²) in [6.07, 6.45) is 1.09. The number of aromatic amines is 1. The minimum Gasteiger partial charge on any atom is -0.497 e. The van der Waals surface area contributed by atoms with E-state index >= 15 is 0 Å². The smallest absolute Gasteiger partial charge is 0.287 e. The van der Waals surface area contributed by atoms with Gasteiger partial charge >= 0.3 is 0 Å². The van der Waals surface area contributed by atoms with Crippen molar-refractivity contribution in [3.63, 3.8) is 0 Å². The van der Waals surface area contributed by atoms with Crippen LogP contribution >= 0.6 is 11.6 Å². The van der Waals surface area contributed by atoms with Crippen molar-refractivity contribution < 1.29 is 14.3 Å². The molecule has 12 heteroatoms. The molecule has 0 radical (unpaired) electrons. The van der Waals surface area contributed by atoms with Gasteiger partial charge in [-0.2, -0.15) is 4.80 Å². The third-order valence-corrected chi connectivity index (χ3v) is 6.00. The monoisotopic (exact) mass is 474 g/mol. The van der Waals surface area contributed by atoms with Gasteiger partial charge in [-0.3, -0.25) is 4.79 Å². The Morgan fingerprint density at radius 2 is 2.09 bits per heavy atom. The minimum absolute atomic E-state index is 0.179. The van der Waals surface area contributed by atoms with Gasteiger partial charge < -0.3 is 24.7 Å². The summed E-state index contributed by atoms with van der Waals surface area (Å²) in [5.74, 6) is 1.23. The fraction of sp³-hybridized carbons (Fsp3) is 0.476. The Bertz CT molecular complexity index is 1080. The number of hydrogen-bond donors (Lipinski definition) is 2. The number of nitrogens with one attached hydrogen (secondary N) is 2. The first kappa shape index (κ1) is 23.0. The first-order valence-corrected chi connectivity index (χ1v) is 11.1. The molecule has 4 rings (SSSR count). The van der Waals surface area contributed by atoms with Crippen LogP contribution in [-0.4, -0.2) is 75.5 Å². The fourth-order valence-corrected chi connectivity index (χ4v) is 4.06. The Morgan fingerprint density at radius 3 is 2.76 bits per heavy atom. The second-order valence-electron chi connectivity index (χ2n) is 7.77. The van der Waals surface area contributed by atoms with Crippen molar-refractivity contribution in [2.24, 2.45) is 0 Å². The number of piperidine rings is 1. The maximum absolute atomic E-state index is 12.6. The van der Waals surface area contributed by atoms with E-state index in [1.165, 1.54) is 0 Å². The molecule has 0 bridgehead atoms. The van der Waals surface area contributed by atoms with Crippen molar-refractivity contribution in [3.05, 3.63) is 46.5 Å². The molecule has 0 unspecified atom stereocenters. The third-order valence-electron chi connectivity index (χ3n) is 5.68. The van der Waals surface area contributed by atoms with Crippen LogP contribution in [-0.2, 0) is 17.7 Å². The molecule has 1 aliphatic heterocycles. The van der Waals surface area contributed by atoms with Crippen LogP contribution in [0.5, 0.6) is 5.75 Å². The average molecular weight is 475 g/mol. The molecule has 1 aliphatic rings. The van der Waals surface area contributed by atoms with Gasteiger partial charge in [0.1, 0.15) is 5.75 Å². The standard InChI is InChI=1S/C21H27ClN8O3/c1-4-15-18(22)25-19(23-15)20(31)24-16-9-10-29(12-17(16)33-3)21-26-28-30(27-21)11-13-5-7-14(32-2)8-6-13/h5-8,16-17H,4,9-12H2,1-3H3,(H,23,25)(H,24,31)/t16-,17+/m0/s1. The lowest BCUT2D eigenvalue weighted by molar-refractivity contribution is 0.0535. The van der Waals surface area contributed by atoms with Crippen molar-refractivity contribution in [2.45, 2.75) is 38.5 Å². The van der Waals surface area contributed by atoms with Crippen LogP contribution in [0.15, 0.2) is 24.3 Å². The molecule has 1 amide bonds. The molecule has 1 saturated heterocycles. The van der Waals surface area contributed by atoms with Crippen molar-refractivity contribution in [1.29, 1.82) is 0 Å². The predicted octanol–water partition coefficient (Wildman–Crippen LogP) is 1.69. The highest BCUT2D eigenvalue weighted by molar-refractivity contribution is 6.30. The summed E-state index contributed by atoms with van der Waals surface area (Å²) >= 11 is 6.06. The Hall–Kier alpha value is -3.18. The van der Waals surface area contributed by atoms with Crippen molar-refractivity contribution >= 4 is 23.5 Å². The number of carbonyl (C=O) groups is 1. The zero-order valence-corrected chi connectivity index (χ0v) is 19.5. The summed E-state index contributed by atoms with van der Waals surface area (Å²) < 4.78 is 10.8. The number of benzene rings is 1. The SMILES string of the molecule is CCc1[nH]c(C(=O)N[C@H]2CCN(c3nnn(Cc4ccc(OC)cc4)n3)C[C@H]2OC)nc1Cl. The van der Waals surface area contributed by atoms with E-state index in [1.54, 1.807) is 19.0 Å². The number of carbonyl (C=O) groups excluding carboxylic acids is 1. The van der Waals surface area contributed by atoms with Crippen LogP contribution in [0.25, 0.3) is 0 Å². The summed E-state index contributed by atoms with van der Waals surface area (Å²) in [6.45, 7) is 3.62. The number of methoxy groups -OCH3 is 2. The van der Waals surface area contributed by atoms with E-state index in [-0.39, 0.29) is 23.9 Å². The van der Waals surface area contributed by atoms with Gasteiger partial charge in [-0.1, -0.05) is 35.8 Å². The number of hydrogen-bond acceptors (Lipinski definition) is 8. The van der Waals surface area contributed by atoms with Crippen LogP contribution in [0.3, 0.4) is 0 Å². The lowest BCUT2D eigenvalue weighted by Gasteiger charge is -2.37. The third kappa shape index (κ3) is 5.25. The van der Waals surface area contributed by atoms with E-state index in [1.807, 2.05) is 36.1 Å². The van der Waals surface area contributed by atoms with Crippen LogP contribution in [0.1, 0.15) is 35.2 Å². The van der Waals surface area contributed by atoms with E-state index in [2.05, 4.69) is 30.7 Å². The fourth-order valence-electron chi connectivity index (χ4n) is 3.79. The summed E-state index contributed by atoms with van der Waals surface area (Å²) in [7, 11) is 3.26. The number of aryl methyl sites for hydroxylation is 1. The Balaban J connectivity index is 1.36. The number of tetrazole rings is 1. The molecule has 2 atom stereocenters. The molecule has 0 aliphatic carbocycles. The summed E-state index contributed by atoms with van der Waals surface area (Å²) in [5.41, 5.74) is 1.78. The molecule has 33 heavy (non-hydrogen) atoms. The Kier molecular flexibility index (Phi) is 7.09. The highest BCUT2D eigenvalue weighted by Crippen LogP contribution is 2.19. The molecule has 3 aromatic rings. The molecule has 176 valence electrons. The zero-order chi connectivity index (χ0) is 23.4. The first-order chi connectivity index (χ1) is 16.0. The number of aromatic nitrogens is 6. The van der Waals surface area contributed by atoms with E-state index < -0.39 is 0 Å². The van der Waals surface area contributed by atoms with Crippen LogP contribution in [0.2, 0.25) is 5.15 Å². The van der Waals surface area contributed by atoms with Crippen LogP contribution in [0, 0.1) is 0 Å². The van der Waals surface area contributed by atoms with Gasteiger partial charge in [0, 0.05) is 20.2 Å². The normalized spacial score (nSPS) is 18.4. The average Bonchev–Trinajstić information content (AvgIpc) is 3.46. The maximum Gasteiger partial charge on any atom is 0.287 e. The highest BCUT2D eigenvalue weighted by atomic mass is 35.5. The molecule has 1 fully saturated rings. The van der Waals surface area contributed by atoms with Gasteiger partial charge in [0.25, 0.3) is 11.9 Å². The molecule has 1 aromatic carbocycles. The topological polar surface area (TPSA) is 123 Å². The molecule has 0 spiro atoms. The minimum atomic E-state index is -0.305. The van der Waals surface area contributed by atoms with E-state index in [9.17, 15) is 4.79 Å². The lowest BCUT2D eigenvalue weighted by Crippen LogP contribution is -2.55. The molecular weight excluding hydrogens is 448 g/mol. The number of ether oxygens (including phenoxy) is 2. The van der Waals surface area contributed by atoms with Crippen molar-refractivity contribution in [2.75, 3.05) is 32.2 Å². The number of imidazole rings is 1. The van der Waals surface area contributed by atoms with Gasteiger partial charge in [-0.25, -0.2) is 4.98 Å². The van der Waals surface area contributed by atoms with Crippen LogP contribution in [0.4, 0.5) is 5.95 Å². The van der Waals surface area contributed by atoms with Crippen LogP contribution < -0.4 is 15.0 Å². The van der Waals surface area contributed by atoms with E-state index in [4.69, 9.17) is 21.1 Å². The number of halogens is 1. The Labute approximate surface area is 196 Å². The number of nitrogens with zero attached hydrogens (tertiary/aromatic N) is 6. The summed E-state index contributed by atoms with van der Waals surface area (Å²) in [4.78, 5) is 23.3. The largest absolute Gasteiger partial charge is 0.497 e. The van der Waals surface area contributed by atoms with E-state index in [0.29, 0.717) is 43.6 Å². The van der Waals surface area contributed by atoms with Gasteiger partial charge in [0.05, 0.1) is 31.5 Å². The zero-order valence-electron chi connectivity index (χ0n) is 18.8. The first-order valence-electron chi connectivity index (χ1n) is 10.7. The molecule has 3 heterocycles. The lowest BCUT2D eigenvalue weighted by atomic mass is 10.0. The second-order valence-corrected chi connectivity index (χ2v) is 8.12. The number of amides is 1. The molecule has 0 saturated carbocycles. The number of H-pyrrole nitrogens is 1. The van der Waals surface area contributed by atoms with Crippen molar-refractivity contribution in [3.8, 4) is 5.75 Å². The van der Waals surface area contributed by atoms with E-state index in [0.717, 1.165) is 17.0 Å². The summed E-state index contributed by atoms with van der Waals surface area (Å²) in [5, 5.41) is 16.2.